The number of nitrogens with one attached hydrogen (secondary N) is 5. The van der Waals surface area contributed by atoms with Crippen molar-refractivity contribution in [1.29, 1.82) is 0 Å². The molecule has 1 fully saturated rings. The van der Waals surface area contributed by atoms with Gasteiger partial charge in [-0.15, -0.1) is 0 Å². The molecule has 3 amide bonds. The summed E-state index contributed by atoms with van der Waals surface area (Å²) in [6.07, 6.45) is 3.50. The molecule has 2 unspecified atom stereocenters. The number of anilines is 1. The summed E-state index contributed by atoms with van der Waals surface area (Å²) in [5.41, 5.74) is 4.15. The maximum atomic E-state index is 12.5. The van der Waals surface area contributed by atoms with E-state index in [1.54, 1.807) is 43.7 Å². The van der Waals surface area contributed by atoms with Gasteiger partial charge in [0.2, 0.25) is 5.91 Å². The van der Waals surface area contributed by atoms with E-state index in [1.807, 2.05) is 24.3 Å². The number of amides is 3. The van der Waals surface area contributed by atoms with Crippen molar-refractivity contribution in [2.24, 2.45) is 0 Å². The maximum Gasteiger partial charge on any atom is 0.267 e. The fourth-order valence-corrected chi connectivity index (χ4v) is 3.42. The Balaban J connectivity index is 1.54. The van der Waals surface area contributed by atoms with Crippen molar-refractivity contribution in [1.82, 2.24) is 21.4 Å². The Morgan fingerprint density at radius 2 is 1.60 bits per heavy atom. The highest BCUT2D eigenvalue weighted by Gasteiger charge is 2.26. The fraction of sp³-hybridized carbons (Fsp3) is 0.346. The maximum absolute atomic E-state index is 12.5. The molecule has 6 N–H and O–H groups in total. The van der Waals surface area contributed by atoms with Gasteiger partial charge in [0.25, 0.3) is 11.8 Å². The largest absolute Gasteiger partial charge is 0.339 e. The van der Waals surface area contributed by atoms with Crippen LogP contribution in [0.25, 0.3) is 0 Å². The average molecular weight is 478 g/mol. The lowest BCUT2D eigenvalue weighted by Gasteiger charge is -2.26. The predicted octanol–water partition coefficient (Wildman–Crippen LogP) is 1.38. The van der Waals surface area contributed by atoms with Gasteiger partial charge in [-0.1, -0.05) is 18.3 Å². The first-order chi connectivity index (χ1) is 16.9. The van der Waals surface area contributed by atoms with E-state index in [-0.39, 0.29) is 11.9 Å². The number of hydrogen-bond acceptors (Lipinski definition) is 6. The van der Waals surface area contributed by atoms with Crippen molar-refractivity contribution < 1.29 is 19.6 Å². The third kappa shape index (κ3) is 7.65. The first-order valence-electron chi connectivity index (χ1n) is 11.6. The minimum Gasteiger partial charge on any atom is -0.339 e. The molecule has 2 aromatic carbocycles. The van der Waals surface area contributed by atoms with E-state index in [1.165, 1.54) is 6.42 Å². The fourth-order valence-electron chi connectivity index (χ4n) is 3.42. The molecule has 9 heteroatoms. The molecule has 0 spiro atoms. The molecule has 0 bridgehead atoms. The number of rotatable bonds is 9. The Morgan fingerprint density at radius 3 is 2.11 bits per heavy atom. The van der Waals surface area contributed by atoms with Crippen LogP contribution in [-0.2, 0) is 9.59 Å². The van der Waals surface area contributed by atoms with Crippen molar-refractivity contribution in [3.8, 4) is 11.8 Å². The van der Waals surface area contributed by atoms with Gasteiger partial charge in [0, 0.05) is 34.5 Å². The van der Waals surface area contributed by atoms with Crippen molar-refractivity contribution in [3.05, 3.63) is 65.2 Å². The zero-order valence-corrected chi connectivity index (χ0v) is 19.9. The monoisotopic (exact) mass is 477 g/mol. The van der Waals surface area contributed by atoms with E-state index in [2.05, 4.69) is 33.1 Å². The second-order valence-corrected chi connectivity index (χ2v) is 8.47. The minimum atomic E-state index is -0.941. The number of benzene rings is 2. The second-order valence-electron chi connectivity index (χ2n) is 8.47. The minimum absolute atomic E-state index is 0.0661. The molecule has 35 heavy (non-hydrogen) atoms. The molecule has 184 valence electrons. The van der Waals surface area contributed by atoms with Crippen LogP contribution in [0.15, 0.2) is 48.5 Å². The average Bonchev–Trinajstić information content (AvgIpc) is 2.85. The van der Waals surface area contributed by atoms with Gasteiger partial charge in [-0.2, -0.15) is 0 Å². The second kappa shape index (κ2) is 12.7. The zero-order chi connectivity index (χ0) is 25.2. The number of hydroxylamine groups is 1. The van der Waals surface area contributed by atoms with Gasteiger partial charge in [0.1, 0.15) is 6.04 Å². The Hall–Kier alpha value is -3.71. The summed E-state index contributed by atoms with van der Waals surface area (Å²) in [7, 11) is 1.65. The van der Waals surface area contributed by atoms with Crippen molar-refractivity contribution in [2.45, 2.75) is 44.3 Å². The third-order valence-corrected chi connectivity index (χ3v) is 5.96. The molecule has 9 nitrogen and oxygen atoms in total. The van der Waals surface area contributed by atoms with Gasteiger partial charge in [0.05, 0.1) is 6.54 Å². The molecule has 2 aromatic rings. The van der Waals surface area contributed by atoms with Gasteiger partial charge in [-0.05, 0) is 75.3 Å². The molecule has 0 heterocycles. The van der Waals surface area contributed by atoms with Gasteiger partial charge in [-0.25, -0.2) is 5.48 Å². The van der Waals surface area contributed by atoms with Crippen LogP contribution in [0.3, 0.4) is 0 Å². The molecular formula is C26H31N5O4. The highest BCUT2D eigenvalue weighted by atomic mass is 16.5. The van der Waals surface area contributed by atoms with Crippen molar-refractivity contribution in [3.63, 3.8) is 0 Å². The van der Waals surface area contributed by atoms with Crippen LogP contribution in [-0.4, -0.2) is 54.6 Å². The molecular weight excluding hydrogens is 446 g/mol. The lowest BCUT2D eigenvalue weighted by atomic mass is 9.93. The topological polar surface area (TPSA) is 132 Å². The lowest BCUT2D eigenvalue weighted by molar-refractivity contribution is -0.131. The van der Waals surface area contributed by atoms with Gasteiger partial charge >= 0.3 is 0 Å². The van der Waals surface area contributed by atoms with E-state index in [0.717, 1.165) is 18.4 Å². The summed E-state index contributed by atoms with van der Waals surface area (Å²) < 4.78 is 0. The molecule has 3 rings (SSSR count). The summed E-state index contributed by atoms with van der Waals surface area (Å²) in [5, 5.41) is 20.5. The SMILES string of the molecule is CNC(C)C(NC(=O)c1ccc(C#Cc2ccc(NC(=O)CNC3CCC3)cc2)cc1)C(=O)NO. The summed E-state index contributed by atoms with van der Waals surface area (Å²) in [6, 6.07) is 13.1. The molecule has 1 saturated carbocycles. The molecule has 1 aliphatic carbocycles. The van der Waals surface area contributed by atoms with Crippen LogP contribution in [0, 0.1) is 11.8 Å². The summed E-state index contributed by atoms with van der Waals surface area (Å²) in [5.74, 6) is 4.88. The highest BCUT2D eigenvalue weighted by molar-refractivity contribution is 5.97. The first kappa shape index (κ1) is 25.9. The Bertz CT molecular complexity index is 1090. The van der Waals surface area contributed by atoms with Crippen LogP contribution >= 0.6 is 0 Å². The number of likely N-dealkylation sites (N-methyl/N-ethyl adjacent to an activating group) is 1. The van der Waals surface area contributed by atoms with Gasteiger partial charge < -0.3 is 21.3 Å². The smallest absolute Gasteiger partial charge is 0.267 e. The van der Waals surface area contributed by atoms with Gasteiger partial charge in [-0.3, -0.25) is 19.6 Å². The van der Waals surface area contributed by atoms with E-state index < -0.39 is 17.9 Å². The van der Waals surface area contributed by atoms with Crippen molar-refractivity contribution in [2.75, 3.05) is 18.9 Å². The molecule has 0 radical (unpaired) electrons. The zero-order valence-electron chi connectivity index (χ0n) is 19.9. The van der Waals surface area contributed by atoms with Crippen LogP contribution in [0.1, 0.15) is 47.7 Å². The predicted molar refractivity (Wildman–Crippen MR) is 133 cm³/mol. The third-order valence-electron chi connectivity index (χ3n) is 5.96. The van der Waals surface area contributed by atoms with Crippen LogP contribution in [0.4, 0.5) is 5.69 Å². The highest BCUT2D eigenvalue weighted by Crippen LogP contribution is 2.17. The van der Waals surface area contributed by atoms with Crippen LogP contribution < -0.4 is 26.7 Å². The van der Waals surface area contributed by atoms with E-state index in [4.69, 9.17) is 5.21 Å². The molecule has 0 saturated heterocycles. The van der Waals surface area contributed by atoms with E-state index in [0.29, 0.717) is 29.4 Å². The van der Waals surface area contributed by atoms with Crippen LogP contribution in [0.5, 0.6) is 0 Å². The summed E-state index contributed by atoms with van der Waals surface area (Å²) in [6.45, 7) is 2.02. The summed E-state index contributed by atoms with van der Waals surface area (Å²) in [4.78, 5) is 36.4. The number of hydrogen-bond donors (Lipinski definition) is 6. The number of carbonyl (C=O) groups excluding carboxylic acids is 3. The molecule has 2 atom stereocenters. The first-order valence-corrected chi connectivity index (χ1v) is 11.6. The molecule has 1 aliphatic rings. The van der Waals surface area contributed by atoms with E-state index in [9.17, 15) is 14.4 Å². The van der Waals surface area contributed by atoms with E-state index >= 15 is 0 Å². The normalized spacial score (nSPS) is 14.5. The van der Waals surface area contributed by atoms with Gasteiger partial charge in [0.15, 0.2) is 0 Å². The molecule has 0 aliphatic heterocycles. The Labute approximate surface area is 205 Å². The number of carbonyl (C=O) groups is 3. The lowest BCUT2D eigenvalue weighted by Crippen LogP contribution is -2.55. The summed E-state index contributed by atoms with van der Waals surface area (Å²) >= 11 is 0. The molecule has 0 aromatic heterocycles. The van der Waals surface area contributed by atoms with Crippen molar-refractivity contribution >= 4 is 23.4 Å². The Kier molecular flexibility index (Phi) is 9.38. The standard InChI is InChI=1S/C26H31N5O4/c1-17(27-2)24(26(34)31-35)30-25(33)20-12-8-18(9-13-20)6-7-19-10-14-22(15-11-19)29-23(32)16-28-21-4-3-5-21/h8-15,17,21,24,27-28,35H,3-5,16H2,1-2H3,(H,29,32)(H,30,33)(H,31,34). The Morgan fingerprint density at radius 1 is 1.00 bits per heavy atom. The van der Waals surface area contributed by atoms with Crippen LogP contribution in [0.2, 0.25) is 0 Å². The quantitative estimate of drug-likeness (QED) is 0.184.